The number of ether oxygens (including phenoxy) is 1. The molecule has 0 saturated carbocycles. The van der Waals surface area contributed by atoms with Crippen molar-refractivity contribution in [3.63, 3.8) is 0 Å². The predicted molar refractivity (Wildman–Crippen MR) is 110 cm³/mol. The zero-order chi connectivity index (χ0) is 22.1. The first kappa shape index (κ1) is 22.4. The second kappa shape index (κ2) is 10.6. The summed E-state index contributed by atoms with van der Waals surface area (Å²) in [5.41, 5.74) is -0.741. The minimum atomic E-state index is -0.666. The van der Waals surface area contributed by atoms with Gasteiger partial charge in [-0.05, 0) is 44.0 Å². The molecule has 1 aromatic heterocycles. The third kappa shape index (κ3) is 5.57. The number of nitrogens with one attached hydrogen (secondary N) is 3. The van der Waals surface area contributed by atoms with Crippen LogP contribution in [-0.4, -0.2) is 35.1 Å². The van der Waals surface area contributed by atoms with Gasteiger partial charge < -0.3 is 15.4 Å². The van der Waals surface area contributed by atoms with Crippen LogP contribution in [0.4, 0.5) is 11.5 Å². The van der Waals surface area contributed by atoms with Gasteiger partial charge in [-0.25, -0.2) is 4.79 Å². The lowest BCUT2D eigenvalue weighted by Crippen LogP contribution is -2.38. The van der Waals surface area contributed by atoms with Crippen LogP contribution in [0.25, 0.3) is 0 Å². The van der Waals surface area contributed by atoms with Crippen LogP contribution in [-0.2, 0) is 16.1 Å². The summed E-state index contributed by atoms with van der Waals surface area (Å²) >= 11 is 0. The van der Waals surface area contributed by atoms with E-state index in [-0.39, 0.29) is 36.0 Å². The Morgan fingerprint density at radius 1 is 1.20 bits per heavy atom. The molecule has 0 spiro atoms. The number of aromatic nitrogens is 2. The number of nitriles is 1. The molecule has 0 aliphatic rings. The third-order valence-electron chi connectivity index (χ3n) is 4.27. The van der Waals surface area contributed by atoms with Crippen molar-refractivity contribution in [1.29, 1.82) is 5.26 Å². The third-order valence-corrected chi connectivity index (χ3v) is 4.27. The number of rotatable bonds is 9. The van der Waals surface area contributed by atoms with E-state index in [0.29, 0.717) is 25.0 Å². The second-order valence-electron chi connectivity index (χ2n) is 6.29. The van der Waals surface area contributed by atoms with E-state index in [1.807, 2.05) is 6.07 Å². The van der Waals surface area contributed by atoms with E-state index < -0.39 is 17.2 Å². The number of nitrogens with zero attached hydrogens (tertiary/aromatic N) is 2. The summed E-state index contributed by atoms with van der Waals surface area (Å²) in [5.74, 6) is -0.816. The molecule has 0 radical (unpaired) electrons. The topological polar surface area (TPSA) is 146 Å². The summed E-state index contributed by atoms with van der Waals surface area (Å²) in [4.78, 5) is 51.5. The molecule has 0 unspecified atom stereocenters. The molecule has 0 fully saturated rings. The minimum absolute atomic E-state index is 0.0785. The van der Waals surface area contributed by atoms with E-state index in [0.717, 1.165) is 4.57 Å². The first-order valence-corrected chi connectivity index (χ1v) is 9.43. The van der Waals surface area contributed by atoms with Gasteiger partial charge >= 0.3 is 11.7 Å². The van der Waals surface area contributed by atoms with Gasteiger partial charge in [0.05, 0.1) is 18.2 Å². The predicted octanol–water partition coefficient (Wildman–Crippen LogP) is 1.44. The molecule has 30 heavy (non-hydrogen) atoms. The van der Waals surface area contributed by atoms with Gasteiger partial charge in [0.15, 0.2) is 0 Å². The Balaban J connectivity index is 2.20. The van der Waals surface area contributed by atoms with Crippen molar-refractivity contribution >= 4 is 23.4 Å². The number of amides is 1. The van der Waals surface area contributed by atoms with Crippen LogP contribution in [0.2, 0.25) is 0 Å². The smallest absolute Gasteiger partial charge is 0.330 e. The van der Waals surface area contributed by atoms with E-state index in [1.165, 1.54) is 31.3 Å². The fraction of sp³-hybridized carbons (Fsp3) is 0.350. The SMILES string of the molecule is CCOC(=O)CCCCn1c(=O)[nH]c(NC)c(NC(=O)c2ccc(C#N)cc2)c1=O. The molecule has 158 valence electrons. The molecule has 3 N–H and O–H groups in total. The largest absolute Gasteiger partial charge is 0.466 e. The van der Waals surface area contributed by atoms with E-state index in [1.54, 1.807) is 6.92 Å². The molecule has 2 rings (SSSR count). The number of hydrogen-bond donors (Lipinski definition) is 3. The Labute approximate surface area is 172 Å². The van der Waals surface area contributed by atoms with Crippen molar-refractivity contribution in [1.82, 2.24) is 9.55 Å². The number of aromatic amines is 1. The summed E-state index contributed by atoms with van der Waals surface area (Å²) in [5, 5.41) is 14.0. The first-order valence-electron chi connectivity index (χ1n) is 9.43. The monoisotopic (exact) mass is 413 g/mol. The van der Waals surface area contributed by atoms with Gasteiger partial charge in [-0.2, -0.15) is 5.26 Å². The molecule has 10 heteroatoms. The highest BCUT2D eigenvalue weighted by Crippen LogP contribution is 2.13. The number of H-pyrrole nitrogens is 1. The number of benzene rings is 1. The lowest BCUT2D eigenvalue weighted by Gasteiger charge is -2.13. The molecule has 0 bridgehead atoms. The maximum Gasteiger partial charge on any atom is 0.330 e. The summed E-state index contributed by atoms with van der Waals surface area (Å²) in [6, 6.07) is 7.87. The summed E-state index contributed by atoms with van der Waals surface area (Å²) in [7, 11) is 1.51. The quantitative estimate of drug-likeness (QED) is 0.416. The van der Waals surface area contributed by atoms with Crippen LogP contribution in [0.3, 0.4) is 0 Å². The number of unbranched alkanes of at least 4 members (excludes halogenated alkanes) is 1. The molecule has 0 saturated heterocycles. The first-order chi connectivity index (χ1) is 14.4. The van der Waals surface area contributed by atoms with Crippen molar-refractivity contribution in [2.75, 3.05) is 24.3 Å². The van der Waals surface area contributed by atoms with Gasteiger partial charge in [0.1, 0.15) is 11.5 Å². The van der Waals surface area contributed by atoms with Crippen LogP contribution in [0, 0.1) is 11.3 Å². The molecule has 1 aromatic carbocycles. The average Bonchev–Trinajstić information content (AvgIpc) is 2.74. The lowest BCUT2D eigenvalue weighted by atomic mass is 10.1. The minimum Gasteiger partial charge on any atom is -0.466 e. The number of carbonyl (C=O) groups excluding carboxylic acids is 2. The van der Waals surface area contributed by atoms with Gasteiger partial charge in [-0.1, -0.05) is 0 Å². The van der Waals surface area contributed by atoms with E-state index >= 15 is 0 Å². The summed E-state index contributed by atoms with van der Waals surface area (Å²) in [6.45, 7) is 2.09. The maximum atomic E-state index is 12.8. The van der Waals surface area contributed by atoms with Crippen molar-refractivity contribution in [3.05, 3.63) is 56.2 Å². The van der Waals surface area contributed by atoms with Crippen molar-refractivity contribution in [2.45, 2.75) is 32.7 Å². The van der Waals surface area contributed by atoms with Gasteiger partial charge in [0.25, 0.3) is 11.5 Å². The van der Waals surface area contributed by atoms with Crippen LogP contribution in [0.15, 0.2) is 33.9 Å². The Morgan fingerprint density at radius 3 is 2.50 bits per heavy atom. The summed E-state index contributed by atoms with van der Waals surface area (Å²) in [6.07, 6.45) is 1.05. The van der Waals surface area contributed by atoms with Gasteiger partial charge in [-0.15, -0.1) is 0 Å². The number of anilines is 2. The molecule has 0 aliphatic carbocycles. The Hall–Kier alpha value is -3.87. The number of hydrogen-bond acceptors (Lipinski definition) is 7. The Morgan fingerprint density at radius 2 is 1.90 bits per heavy atom. The number of carbonyl (C=O) groups is 2. The molecule has 1 amide bonds. The number of esters is 1. The second-order valence-corrected chi connectivity index (χ2v) is 6.29. The van der Waals surface area contributed by atoms with E-state index in [4.69, 9.17) is 10.00 Å². The fourth-order valence-electron chi connectivity index (χ4n) is 2.73. The lowest BCUT2D eigenvalue weighted by molar-refractivity contribution is -0.143. The van der Waals surface area contributed by atoms with Crippen LogP contribution < -0.4 is 21.9 Å². The maximum absolute atomic E-state index is 12.8. The van der Waals surface area contributed by atoms with Crippen molar-refractivity contribution in [2.24, 2.45) is 0 Å². The van der Waals surface area contributed by atoms with Crippen molar-refractivity contribution < 1.29 is 14.3 Å². The average molecular weight is 413 g/mol. The zero-order valence-electron chi connectivity index (χ0n) is 16.8. The van der Waals surface area contributed by atoms with Gasteiger partial charge in [0.2, 0.25) is 0 Å². The van der Waals surface area contributed by atoms with Crippen LogP contribution in [0.1, 0.15) is 42.1 Å². The van der Waals surface area contributed by atoms with E-state index in [2.05, 4.69) is 15.6 Å². The highest BCUT2D eigenvalue weighted by molar-refractivity contribution is 6.05. The van der Waals surface area contributed by atoms with Crippen molar-refractivity contribution in [3.8, 4) is 6.07 Å². The highest BCUT2D eigenvalue weighted by Gasteiger charge is 2.17. The fourth-order valence-corrected chi connectivity index (χ4v) is 2.73. The molecule has 2 aromatic rings. The molecule has 0 atom stereocenters. The normalized spacial score (nSPS) is 10.2. The molecule has 0 aliphatic heterocycles. The van der Waals surface area contributed by atoms with Gasteiger partial charge in [-0.3, -0.25) is 23.9 Å². The molecule has 1 heterocycles. The highest BCUT2D eigenvalue weighted by atomic mass is 16.5. The molecule has 10 nitrogen and oxygen atoms in total. The standard InChI is InChI=1S/C20H23N5O5/c1-3-30-15(26)6-4-5-11-25-19(28)16(17(22-2)24-20(25)29)23-18(27)14-9-7-13(12-21)8-10-14/h7-10,22H,3-6,11H2,1-2H3,(H,23,27)(H,24,29). The summed E-state index contributed by atoms with van der Waals surface area (Å²) < 4.78 is 5.82. The van der Waals surface area contributed by atoms with Gasteiger partial charge in [0, 0.05) is 25.6 Å². The Bertz CT molecular complexity index is 1060. The van der Waals surface area contributed by atoms with Crippen LogP contribution in [0.5, 0.6) is 0 Å². The van der Waals surface area contributed by atoms with E-state index in [9.17, 15) is 19.2 Å². The molecular weight excluding hydrogens is 390 g/mol. The molecular formula is C20H23N5O5. The Kier molecular flexibility index (Phi) is 7.93. The zero-order valence-corrected chi connectivity index (χ0v) is 16.8. The van der Waals surface area contributed by atoms with Crippen LogP contribution >= 0.6 is 0 Å².